The summed E-state index contributed by atoms with van der Waals surface area (Å²) < 4.78 is 25.7. The molecule has 0 saturated carbocycles. The number of hydrogen-bond donors (Lipinski definition) is 1. The van der Waals surface area contributed by atoms with Crippen LogP contribution in [0.4, 0.5) is 14.6 Å². The lowest BCUT2D eigenvalue weighted by Gasteiger charge is -2.31. The molecule has 0 atom stereocenters. The molecule has 1 aliphatic heterocycles. The molecule has 120 valence electrons. The zero-order valence-electron chi connectivity index (χ0n) is 11.5. The third-order valence-electron chi connectivity index (χ3n) is 3.35. The summed E-state index contributed by atoms with van der Waals surface area (Å²) in [7, 11) is 0. The Hall–Kier alpha value is -1.99. The average Bonchev–Trinajstić information content (AvgIpc) is 2.51. The van der Waals surface area contributed by atoms with Crippen molar-refractivity contribution < 1.29 is 13.9 Å². The number of nitrogens with zero attached hydrogens (tertiary/aromatic N) is 4. The highest BCUT2D eigenvalue weighted by Gasteiger charge is 2.30. The Balaban J connectivity index is 2.18. The number of pyridine rings is 1. The third-order valence-corrected chi connectivity index (χ3v) is 3.92. The van der Waals surface area contributed by atoms with Gasteiger partial charge in [0, 0.05) is 42.5 Å². The van der Waals surface area contributed by atoms with Gasteiger partial charge in [0.2, 0.25) is 0 Å². The number of fused-ring (bicyclic) bond motifs is 1. The molecule has 3 heterocycles. The molecule has 1 N–H and O–H groups in total. The number of rotatable bonds is 3. The summed E-state index contributed by atoms with van der Waals surface area (Å²) in [6.45, 7) is -0.575. The fourth-order valence-corrected chi connectivity index (χ4v) is 3.02. The van der Waals surface area contributed by atoms with Crippen molar-refractivity contribution in [2.75, 3.05) is 18.0 Å². The van der Waals surface area contributed by atoms with E-state index in [9.17, 15) is 13.9 Å². The highest BCUT2D eigenvalue weighted by Crippen LogP contribution is 2.39. The lowest BCUT2D eigenvalue weighted by molar-refractivity contribution is 0.155. The minimum Gasteiger partial charge on any atom is -0.505 e. The minimum atomic E-state index is -2.57. The van der Waals surface area contributed by atoms with Crippen LogP contribution in [0.5, 0.6) is 0 Å². The van der Waals surface area contributed by atoms with Crippen LogP contribution in [0, 0.1) is 0 Å². The molecule has 23 heavy (non-hydrogen) atoms. The van der Waals surface area contributed by atoms with E-state index in [0.29, 0.717) is 11.1 Å². The van der Waals surface area contributed by atoms with E-state index in [2.05, 4.69) is 15.0 Å². The van der Waals surface area contributed by atoms with E-state index in [1.807, 2.05) is 0 Å². The standard InChI is InChI=1S/C14H10Cl2F2N4O/c15-8-3-19-4-9(16)11(8)7-5-22(6-10(17)18)14-12(13(7)23)20-1-2-21-14/h1-4,10,23H,5-6H2. The van der Waals surface area contributed by atoms with E-state index >= 15 is 0 Å². The molecule has 1 aliphatic rings. The van der Waals surface area contributed by atoms with Crippen LogP contribution in [0.15, 0.2) is 24.8 Å². The Labute approximate surface area is 140 Å². The van der Waals surface area contributed by atoms with Gasteiger partial charge in [-0.3, -0.25) is 4.98 Å². The molecule has 0 amide bonds. The second-order valence-electron chi connectivity index (χ2n) is 4.81. The lowest BCUT2D eigenvalue weighted by Crippen LogP contribution is -2.35. The van der Waals surface area contributed by atoms with Gasteiger partial charge < -0.3 is 10.0 Å². The maximum Gasteiger partial charge on any atom is 0.255 e. The van der Waals surface area contributed by atoms with Crippen LogP contribution in [0.25, 0.3) is 11.3 Å². The van der Waals surface area contributed by atoms with Gasteiger partial charge in [0.1, 0.15) is 5.69 Å². The predicted octanol–water partition coefficient (Wildman–Crippen LogP) is 3.69. The molecule has 0 aliphatic carbocycles. The number of anilines is 1. The fourth-order valence-electron chi connectivity index (χ4n) is 2.43. The normalized spacial score (nSPS) is 14.4. The van der Waals surface area contributed by atoms with Gasteiger partial charge in [0.25, 0.3) is 6.43 Å². The maximum atomic E-state index is 12.9. The van der Waals surface area contributed by atoms with Gasteiger partial charge in [-0.05, 0) is 0 Å². The molecule has 2 aromatic rings. The van der Waals surface area contributed by atoms with Crippen molar-refractivity contribution >= 4 is 40.4 Å². The lowest BCUT2D eigenvalue weighted by atomic mass is 10.00. The van der Waals surface area contributed by atoms with Gasteiger partial charge in [-0.2, -0.15) is 0 Å². The van der Waals surface area contributed by atoms with Crippen LogP contribution < -0.4 is 4.90 Å². The van der Waals surface area contributed by atoms with Crippen LogP contribution >= 0.6 is 23.2 Å². The van der Waals surface area contributed by atoms with Gasteiger partial charge in [0.15, 0.2) is 11.6 Å². The summed E-state index contributed by atoms with van der Waals surface area (Å²) >= 11 is 12.2. The summed E-state index contributed by atoms with van der Waals surface area (Å²) in [5, 5.41) is 10.9. The topological polar surface area (TPSA) is 62.1 Å². The highest BCUT2D eigenvalue weighted by atomic mass is 35.5. The first kappa shape index (κ1) is 15.9. The zero-order chi connectivity index (χ0) is 16.6. The SMILES string of the molecule is OC1=C(c2c(Cl)cncc2Cl)CN(CC(F)F)c2nccnc21. The number of alkyl halides is 2. The number of halogens is 4. The van der Waals surface area contributed by atoms with Crippen molar-refractivity contribution in [1.29, 1.82) is 0 Å². The predicted molar refractivity (Wildman–Crippen MR) is 83.9 cm³/mol. The molecule has 0 fully saturated rings. The quantitative estimate of drug-likeness (QED) is 0.906. The molecular formula is C14H10Cl2F2N4O. The average molecular weight is 359 g/mol. The summed E-state index contributed by atoms with van der Waals surface area (Å²) in [6.07, 6.45) is 2.91. The maximum absolute atomic E-state index is 12.9. The summed E-state index contributed by atoms with van der Waals surface area (Å²) in [4.78, 5) is 13.2. The molecule has 5 nitrogen and oxygen atoms in total. The zero-order valence-corrected chi connectivity index (χ0v) is 13.1. The van der Waals surface area contributed by atoms with Crippen LogP contribution in [-0.2, 0) is 0 Å². The third kappa shape index (κ3) is 2.94. The first-order valence-corrected chi connectivity index (χ1v) is 7.30. The smallest absolute Gasteiger partial charge is 0.255 e. The van der Waals surface area contributed by atoms with Crippen molar-refractivity contribution in [2.24, 2.45) is 0 Å². The van der Waals surface area contributed by atoms with E-state index < -0.39 is 13.0 Å². The number of aliphatic hydroxyl groups excluding tert-OH is 1. The van der Waals surface area contributed by atoms with Gasteiger partial charge in [0.05, 0.1) is 16.6 Å². The Morgan fingerprint density at radius 1 is 1.17 bits per heavy atom. The molecule has 0 saturated heterocycles. The van der Waals surface area contributed by atoms with E-state index in [4.69, 9.17) is 23.2 Å². The van der Waals surface area contributed by atoms with Crippen molar-refractivity contribution in [2.45, 2.75) is 6.43 Å². The molecule has 0 unspecified atom stereocenters. The van der Waals surface area contributed by atoms with Crippen molar-refractivity contribution in [1.82, 2.24) is 15.0 Å². The van der Waals surface area contributed by atoms with Crippen LogP contribution in [0.3, 0.4) is 0 Å². The number of hydrogen-bond acceptors (Lipinski definition) is 5. The van der Waals surface area contributed by atoms with Gasteiger partial charge in [-0.25, -0.2) is 18.7 Å². The number of aliphatic hydroxyl groups is 1. The first-order chi connectivity index (χ1) is 11.0. The van der Waals surface area contributed by atoms with Crippen LogP contribution in [0.1, 0.15) is 11.3 Å². The van der Waals surface area contributed by atoms with E-state index in [0.717, 1.165) is 0 Å². The Morgan fingerprint density at radius 2 is 1.83 bits per heavy atom. The molecule has 0 spiro atoms. The molecular weight excluding hydrogens is 349 g/mol. The second kappa shape index (κ2) is 6.25. The Morgan fingerprint density at radius 3 is 2.48 bits per heavy atom. The second-order valence-corrected chi connectivity index (χ2v) is 5.62. The van der Waals surface area contributed by atoms with Crippen molar-refractivity contribution in [3.05, 3.63) is 46.1 Å². The molecule has 0 radical (unpaired) electrons. The largest absolute Gasteiger partial charge is 0.505 e. The van der Waals surface area contributed by atoms with Gasteiger partial charge in [-0.15, -0.1) is 0 Å². The van der Waals surface area contributed by atoms with Gasteiger partial charge >= 0.3 is 0 Å². The molecule has 0 bridgehead atoms. The first-order valence-electron chi connectivity index (χ1n) is 6.55. The molecule has 2 aromatic heterocycles. The number of aromatic nitrogens is 3. The molecule has 3 rings (SSSR count). The monoisotopic (exact) mass is 358 g/mol. The fraction of sp³-hybridized carbons (Fsp3) is 0.214. The Bertz CT molecular complexity index is 765. The molecule has 9 heteroatoms. The van der Waals surface area contributed by atoms with Crippen LogP contribution in [-0.4, -0.2) is 39.6 Å². The molecule has 0 aromatic carbocycles. The van der Waals surface area contributed by atoms with Gasteiger partial charge in [-0.1, -0.05) is 23.2 Å². The summed E-state index contributed by atoms with van der Waals surface area (Å²) in [6, 6.07) is 0. The highest BCUT2D eigenvalue weighted by molar-refractivity contribution is 6.37. The van der Waals surface area contributed by atoms with Crippen molar-refractivity contribution in [3.63, 3.8) is 0 Å². The van der Waals surface area contributed by atoms with E-state index in [1.165, 1.54) is 29.7 Å². The van der Waals surface area contributed by atoms with E-state index in [1.54, 1.807) is 0 Å². The Kier molecular flexibility index (Phi) is 4.32. The summed E-state index contributed by atoms with van der Waals surface area (Å²) in [5.74, 6) is 0.00367. The minimum absolute atomic E-state index is 0.0225. The van der Waals surface area contributed by atoms with Crippen LogP contribution in [0.2, 0.25) is 10.0 Å². The van der Waals surface area contributed by atoms with E-state index in [-0.39, 0.29) is 33.9 Å². The van der Waals surface area contributed by atoms with Crippen molar-refractivity contribution in [3.8, 4) is 0 Å². The summed E-state index contributed by atoms with van der Waals surface area (Å²) in [5.41, 5.74) is 0.755.